The SMILES string of the molecule is NCC1CN(C(=O)C2CNC(=O)C2)CCO1. The summed E-state index contributed by atoms with van der Waals surface area (Å²) in [5.41, 5.74) is 5.51. The van der Waals surface area contributed by atoms with Crippen LogP contribution in [0.15, 0.2) is 0 Å². The molecule has 2 rings (SSSR count). The summed E-state index contributed by atoms with van der Waals surface area (Å²) < 4.78 is 5.39. The largest absolute Gasteiger partial charge is 0.373 e. The van der Waals surface area contributed by atoms with Crippen molar-refractivity contribution in [2.45, 2.75) is 12.5 Å². The predicted octanol–water partition coefficient (Wildman–Crippen LogP) is -1.69. The molecule has 0 aromatic heterocycles. The van der Waals surface area contributed by atoms with E-state index >= 15 is 0 Å². The average Bonchev–Trinajstić information content (AvgIpc) is 2.75. The zero-order valence-electron chi connectivity index (χ0n) is 9.15. The Hall–Kier alpha value is -1.14. The zero-order valence-corrected chi connectivity index (χ0v) is 9.15. The van der Waals surface area contributed by atoms with E-state index in [1.165, 1.54) is 0 Å². The second-order valence-corrected chi connectivity index (χ2v) is 4.22. The standard InChI is InChI=1S/C10H17N3O3/c11-4-8-6-13(1-2-16-8)10(15)7-3-9(14)12-5-7/h7-8H,1-6,11H2,(H,12,14). The van der Waals surface area contributed by atoms with Crippen LogP contribution in [0.3, 0.4) is 0 Å². The lowest BCUT2D eigenvalue weighted by Crippen LogP contribution is -2.50. The Balaban J connectivity index is 1.91. The number of morpholine rings is 1. The van der Waals surface area contributed by atoms with Crippen LogP contribution in [0.4, 0.5) is 0 Å². The van der Waals surface area contributed by atoms with E-state index < -0.39 is 0 Å². The summed E-state index contributed by atoms with van der Waals surface area (Å²) in [7, 11) is 0. The fourth-order valence-corrected chi connectivity index (χ4v) is 2.10. The topological polar surface area (TPSA) is 84.7 Å². The van der Waals surface area contributed by atoms with Gasteiger partial charge in [-0.25, -0.2) is 0 Å². The van der Waals surface area contributed by atoms with Crippen LogP contribution in [0.1, 0.15) is 6.42 Å². The monoisotopic (exact) mass is 227 g/mol. The van der Waals surface area contributed by atoms with Gasteiger partial charge in [0.05, 0.1) is 18.6 Å². The van der Waals surface area contributed by atoms with Crippen molar-refractivity contribution in [2.75, 3.05) is 32.8 Å². The number of carbonyl (C=O) groups excluding carboxylic acids is 2. The van der Waals surface area contributed by atoms with Crippen LogP contribution in [0, 0.1) is 5.92 Å². The number of nitrogens with zero attached hydrogens (tertiary/aromatic N) is 1. The Bertz CT molecular complexity index is 295. The van der Waals surface area contributed by atoms with Gasteiger partial charge in [0.15, 0.2) is 0 Å². The third kappa shape index (κ3) is 2.33. The van der Waals surface area contributed by atoms with Gasteiger partial charge in [-0.1, -0.05) is 0 Å². The average molecular weight is 227 g/mol. The van der Waals surface area contributed by atoms with Crippen molar-refractivity contribution in [3.63, 3.8) is 0 Å². The molecule has 2 amide bonds. The lowest BCUT2D eigenvalue weighted by molar-refractivity contribution is -0.142. The molecular weight excluding hydrogens is 210 g/mol. The second kappa shape index (κ2) is 4.80. The van der Waals surface area contributed by atoms with Gasteiger partial charge in [0.2, 0.25) is 11.8 Å². The molecule has 3 N–H and O–H groups in total. The summed E-state index contributed by atoms with van der Waals surface area (Å²) in [4.78, 5) is 24.8. The van der Waals surface area contributed by atoms with Gasteiger partial charge in [-0.15, -0.1) is 0 Å². The highest BCUT2D eigenvalue weighted by atomic mass is 16.5. The Labute approximate surface area is 94.1 Å². The Kier molecular flexibility index (Phi) is 3.40. The van der Waals surface area contributed by atoms with Gasteiger partial charge < -0.3 is 20.7 Å². The van der Waals surface area contributed by atoms with Crippen molar-refractivity contribution < 1.29 is 14.3 Å². The number of nitrogens with one attached hydrogen (secondary N) is 1. The molecule has 2 atom stereocenters. The molecule has 0 saturated carbocycles. The Morgan fingerprint density at radius 1 is 1.62 bits per heavy atom. The van der Waals surface area contributed by atoms with E-state index in [0.29, 0.717) is 39.2 Å². The number of amides is 2. The maximum Gasteiger partial charge on any atom is 0.228 e. The molecule has 2 saturated heterocycles. The van der Waals surface area contributed by atoms with Crippen molar-refractivity contribution in [2.24, 2.45) is 11.7 Å². The Morgan fingerprint density at radius 3 is 3.06 bits per heavy atom. The second-order valence-electron chi connectivity index (χ2n) is 4.22. The van der Waals surface area contributed by atoms with Crippen LogP contribution in [-0.2, 0) is 14.3 Å². The van der Waals surface area contributed by atoms with E-state index in [1.54, 1.807) is 4.90 Å². The first-order valence-electron chi connectivity index (χ1n) is 5.58. The zero-order chi connectivity index (χ0) is 11.5. The van der Waals surface area contributed by atoms with E-state index in [9.17, 15) is 9.59 Å². The van der Waals surface area contributed by atoms with Crippen molar-refractivity contribution >= 4 is 11.8 Å². The van der Waals surface area contributed by atoms with Crippen LogP contribution in [-0.4, -0.2) is 55.6 Å². The van der Waals surface area contributed by atoms with Gasteiger partial charge in [-0.05, 0) is 0 Å². The number of carbonyl (C=O) groups is 2. The third-order valence-corrected chi connectivity index (χ3v) is 3.04. The predicted molar refractivity (Wildman–Crippen MR) is 56.5 cm³/mol. The molecule has 2 heterocycles. The summed E-state index contributed by atoms with van der Waals surface area (Å²) in [5, 5.41) is 2.67. The van der Waals surface area contributed by atoms with Gasteiger partial charge >= 0.3 is 0 Å². The molecule has 0 aliphatic carbocycles. The summed E-state index contributed by atoms with van der Waals surface area (Å²) in [6.07, 6.45) is 0.242. The highest BCUT2D eigenvalue weighted by Crippen LogP contribution is 2.15. The van der Waals surface area contributed by atoms with E-state index in [0.717, 1.165) is 0 Å². The van der Waals surface area contributed by atoms with Gasteiger partial charge in [0.25, 0.3) is 0 Å². The first-order chi connectivity index (χ1) is 7.70. The maximum absolute atomic E-state index is 12.0. The molecule has 6 nitrogen and oxygen atoms in total. The quantitative estimate of drug-likeness (QED) is 0.589. The fraction of sp³-hybridized carbons (Fsp3) is 0.800. The minimum atomic E-state index is -0.205. The fourth-order valence-electron chi connectivity index (χ4n) is 2.10. The molecule has 0 aromatic rings. The first-order valence-corrected chi connectivity index (χ1v) is 5.58. The van der Waals surface area contributed by atoms with E-state index in [4.69, 9.17) is 10.5 Å². The van der Waals surface area contributed by atoms with Gasteiger partial charge in [-0.2, -0.15) is 0 Å². The third-order valence-electron chi connectivity index (χ3n) is 3.04. The molecule has 90 valence electrons. The summed E-state index contributed by atoms with van der Waals surface area (Å²) in [6, 6.07) is 0. The minimum absolute atomic E-state index is 0.0398. The minimum Gasteiger partial charge on any atom is -0.373 e. The maximum atomic E-state index is 12.0. The molecule has 16 heavy (non-hydrogen) atoms. The number of ether oxygens (including phenoxy) is 1. The molecule has 0 radical (unpaired) electrons. The van der Waals surface area contributed by atoms with E-state index in [-0.39, 0.29) is 23.8 Å². The van der Waals surface area contributed by atoms with Crippen LogP contribution >= 0.6 is 0 Å². The van der Waals surface area contributed by atoms with Crippen molar-refractivity contribution in [1.82, 2.24) is 10.2 Å². The van der Waals surface area contributed by atoms with Gasteiger partial charge in [0, 0.05) is 32.6 Å². The van der Waals surface area contributed by atoms with Crippen molar-refractivity contribution in [1.29, 1.82) is 0 Å². The number of nitrogens with two attached hydrogens (primary N) is 1. The number of rotatable bonds is 2. The van der Waals surface area contributed by atoms with Crippen LogP contribution in [0.2, 0.25) is 0 Å². The normalized spacial score (nSPS) is 30.3. The van der Waals surface area contributed by atoms with E-state index in [1.807, 2.05) is 0 Å². The Morgan fingerprint density at radius 2 is 2.44 bits per heavy atom. The highest BCUT2D eigenvalue weighted by Gasteiger charge is 2.33. The smallest absolute Gasteiger partial charge is 0.228 e. The van der Waals surface area contributed by atoms with Crippen molar-refractivity contribution in [3.05, 3.63) is 0 Å². The number of hydrogen-bond donors (Lipinski definition) is 2. The summed E-state index contributed by atoms with van der Waals surface area (Å²) >= 11 is 0. The lowest BCUT2D eigenvalue weighted by atomic mass is 10.1. The molecule has 2 unspecified atom stereocenters. The van der Waals surface area contributed by atoms with Crippen LogP contribution in [0.5, 0.6) is 0 Å². The molecule has 2 aliphatic rings. The number of hydrogen-bond acceptors (Lipinski definition) is 4. The molecule has 0 spiro atoms. The van der Waals surface area contributed by atoms with Gasteiger partial charge in [-0.3, -0.25) is 9.59 Å². The van der Waals surface area contributed by atoms with Gasteiger partial charge in [0.1, 0.15) is 0 Å². The molecular formula is C10H17N3O3. The first kappa shape index (κ1) is 11.3. The highest BCUT2D eigenvalue weighted by molar-refractivity contribution is 5.89. The summed E-state index contributed by atoms with van der Waals surface area (Å²) in [5.74, 6) is -0.203. The lowest BCUT2D eigenvalue weighted by Gasteiger charge is -2.33. The molecule has 6 heteroatoms. The molecule has 2 fully saturated rings. The van der Waals surface area contributed by atoms with Crippen LogP contribution in [0.25, 0.3) is 0 Å². The van der Waals surface area contributed by atoms with E-state index in [2.05, 4.69) is 5.32 Å². The molecule has 0 aromatic carbocycles. The summed E-state index contributed by atoms with van der Waals surface area (Å²) in [6.45, 7) is 2.55. The molecule has 2 aliphatic heterocycles. The molecule has 0 bridgehead atoms. The van der Waals surface area contributed by atoms with Crippen molar-refractivity contribution in [3.8, 4) is 0 Å². The van der Waals surface area contributed by atoms with Crippen LogP contribution < -0.4 is 11.1 Å².